The molecular formula is C12H16N5+. The van der Waals surface area contributed by atoms with Crippen molar-refractivity contribution in [2.45, 2.75) is 26.3 Å². The fourth-order valence-electron chi connectivity index (χ4n) is 2.45. The van der Waals surface area contributed by atoms with E-state index in [-0.39, 0.29) is 4.48 Å². The largest absolute Gasteiger partial charge is 0.364 e. The van der Waals surface area contributed by atoms with E-state index in [4.69, 9.17) is 0 Å². The Balaban J connectivity index is 3.52. The molecule has 88 valence electrons. The van der Waals surface area contributed by atoms with Gasteiger partial charge in [-0.3, -0.25) is 0 Å². The van der Waals surface area contributed by atoms with Crippen molar-refractivity contribution < 1.29 is 4.48 Å². The van der Waals surface area contributed by atoms with E-state index in [1.165, 1.54) is 0 Å². The third kappa shape index (κ3) is 1.39. The first-order chi connectivity index (χ1) is 7.94. The average molecular weight is 230 g/mol. The highest BCUT2D eigenvalue weighted by atomic mass is 15.5. The molecule has 0 amide bonds. The Morgan fingerprint density at radius 2 is 1.71 bits per heavy atom. The van der Waals surface area contributed by atoms with Crippen molar-refractivity contribution in [2.75, 3.05) is 20.3 Å². The van der Waals surface area contributed by atoms with Crippen molar-refractivity contribution >= 4 is 0 Å². The van der Waals surface area contributed by atoms with Gasteiger partial charge in [-0.05, 0) is 13.8 Å². The number of nitriles is 3. The van der Waals surface area contributed by atoms with E-state index in [1.54, 1.807) is 0 Å². The second kappa shape index (κ2) is 4.09. The van der Waals surface area contributed by atoms with Gasteiger partial charge in [0.15, 0.2) is 24.9 Å². The Labute approximate surface area is 102 Å². The molecule has 1 heterocycles. The second-order valence-corrected chi connectivity index (χ2v) is 4.34. The van der Waals surface area contributed by atoms with Crippen LogP contribution in [0.25, 0.3) is 0 Å². The molecule has 0 aromatic heterocycles. The van der Waals surface area contributed by atoms with Crippen molar-refractivity contribution in [1.82, 2.24) is 4.90 Å². The standard InChI is InChI=1S/C12H16N5/c1-5-17(12(6-13,7-14)8-15)9-16(4)10(2)11(17)3/h5,9H2,1-4H3/q+1. The predicted octanol–water partition coefficient (Wildman–Crippen LogP) is 1.29. The summed E-state index contributed by atoms with van der Waals surface area (Å²) < 4.78 is 0.0961. The zero-order chi connectivity index (χ0) is 13.3. The van der Waals surface area contributed by atoms with E-state index < -0.39 is 5.54 Å². The van der Waals surface area contributed by atoms with Gasteiger partial charge in [0.1, 0.15) is 5.70 Å². The van der Waals surface area contributed by atoms with E-state index >= 15 is 0 Å². The summed E-state index contributed by atoms with van der Waals surface area (Å²) >= 11 is 0. The third-order valence-electron chi connectivity index (χ3n) is 3.86. The van der Waals surface area contributed by atoms with Crippen LogP contribution < -0.4 is 0 Å². The van der Waals surface area contributed by atoms with Crippen LogP contribution in [0.5, 0.6) is 0 Å². The third-order valence-corrected chi connectivity index (χ3v) is 3.86. The maximum absolute atomic E-state index is 9.27. The SMILES string of the molecule is CC[N+]1(C(C#N)(C#N)C#N)CN(C)C(C)=C1C. The summed E-state index contributed by atoms with van der Waals surface area (Å²) in [6, 6.07) is 5.73. The Morgan fingerprint density at radius 3 is 1.94 bits per heavy atom. The molecule has 0 spiro atoms. The van der Waals surface area contributed by atoms with Gasteiger partial charge in [-0.15, -0.1) is 0 Å². The zero-order valence-electron chi connectivity index (χ0n) is 10.7. The van der Waals surface area contributed by atoms with Gasteiger partial charge in [-0.1, -0.05) is 0 Å². The molecule has 0 radical (unpaired) electrons. The van der Waals surface area contributed by atoms with Gasteiger partial charge in [0.05, 0.1) is 12.2 Å². The molecule has 1 unspecified atom stereocenters. The molecule has 0 saturated carbocycles. The summed E-state index contributed by atoms with van der Waals surface area (Å²) in [4.78, 5) is 1.99. The molecule has 17 heavy (non-hydrogen) atoms. The molecule has 0 bridgehead atoms. The maximum atomic E-state index is 9.27. The van der Waals surface area contributed by atoms with Gasteiger partial charge in [0, 0.05) is 14.0 Å². The van der Waals surface area contributed by atoms with Crippen molar-refractivity contribution in [1.29, 1.82) is 15.8 Å². The van der Waals surface area contributed by atoms with Gasteiger partial charge >= 0.3 is 5.54 Å². The van der Waals surface area contributed by atoms with Gasteiger partial charge in [-0.25, -0.2) is 4.48 Å². The van der Waals surface area contributed by atoms with Gasteiger partial charge in [0.2, 0.25) is 0 Å². The molecule has 1 rings (SSSR count). The molecule has 0 aromatic rings. The molecular weight excluding hydrogens is 214 g/mol. The molecule has 1 aliphatic heterocycles. The highest BCUT2D eigenvalue weighted by Crippen LogP contribution is 2.38. The summed E-state index contributed by atoms with van der Waals surface area (Å²) in [7, 11) is 1.91. The summed E-state index contributed by atoms with van der Waals surface area (Å²) in [6.45, 7) is 6.77. The minimum absolute atomic E-state index is 0.0961. The minimum Gasteiger partial charge on any atom is -0.327 e. The topological polar surface area (TPSA) is 74.6 Å². The fraction of sp³-hybridized carbons (Fsp3) is 0.583. The van der Waals surface area contributed by atoms with Gasteiger partial charge in [0.25, 0.3) is 0 Å². The lowest BCUT2D eigenvalue weighted by molar-refractivity contribution is -0.916. The minimum atomic E-state index is -1.66. The quantitative estimate of drug-likeness (QED) is 0.670. The molecule has 1 atom stereocenters. The molecule has 1 aliphatic rings. The number of allylic oxidation sites excluding steroid dienone is 2. The first kappa shape index (κ1) is 13.0. The lowest BCUT2D eigenvalue weighted by atomic mass is 9.98. The highest BCUT2D eigenvalue weighted by Gasteiger charge is 2.58. The van der Waals surface area contributed by atoms with Crippen molar-refractivity contribution in [2.24, 2.45) is 0 Å². The lowest BCUT2D eigenvalue weighted by Gasteiger charge is -2.38. The predicted molar refractivity (Wildman–Crippen MR) is 61.4 cm³/mol. The smallest absolute Gasteiger partial charge is 0.327 e. The van der Waals surface area contributed by atoms with E-state index in [9.17, 15) is 15.8 Å². The number of rotatable bonds is 2. The highest BCUT2D eigenvalue weighted by molar-refractivity contribution is 5.32. The lowest BCUT2D eigenvalue weighted by Crippen LogP contribution is -2.61. The Morgan fingerprint density at radius 1 is 1.24 bits per heavy atom. The van der Waals surface area contributed by atoms with Crippen LogP contribution in [0, 0.1) is 34.0 Å². The first-order valence-corrected chi connectivity index (χ1v) is 5.44. The van der Waals surface area contributed by atoms with E-state index in [0.717, 1.165) is 11.4 Å². The molecule has 5 nitrogen and oxygen atoms in total. The summed E-state index contributed by atoms with van der Waals surface area (Å²) in [5.74, 6) is 0. The summed E-state index contributed by atoms with van der Waals surface area (Å²) in [5, 5.41) is 27.8. The van der Waals surface area contributed by atoms with Crippen LogP contribution in [0.3, 0.4) is 0 Å². The Kier molecular flexibility index (Phi) is 3.14. The summed E-state index contributed by atoms with van der Waals surface area (Å²) in [6.07, 6.45) is 0. The van der Waals surface area contributed by atoms with Crippen LogP contribution >= 0.6 is 0 Å². The molecule has 0 fully saturated rings. The van der Waals surface area contributed by atoms with Crippen LogP contribution in [-0.2, 0) is 0 Å². The van der Waals surface area contributed by atoms with Crippen LogP contribution in [0.15, 0.2) is 11.4 Å². The van der Waals surface area contributed by atoms with Crippen LogP contribution in [0.1, 0.15) is 20.8 Å². The molecule has 0 N–H and O–H groups in total. The maximum Gasteiger partial charge on any atom is 0.364 e. The number of hydrogen-bond acceptors (Lipinski definition) is 4. The van der Waals surface area contributed by atoms with Crippen LogP contribution in [0.4, 0.5) is 0 Å². The van der Waals surface area contributed by atoms with Gasteiger partial charge < -0.3 is 4.90 Å². The number of quaternary nitrogens is 1. The fourth-order valence-corrected chi connectivity index (χ4v) is 2.45. The van der Waals surface area contributed by atoms with Crippen molar-refractivity contribution in [3.8, 4) is 18.2 Å². The van der Waals surface area contributed by atoms with E-state index in [0.29, 0.717) is 13.2 Å². The molecule has 0 aliphatic carbocycles. The van der Waals surface area contributed by atoms with Gasteiger partial charge in [-0.2, -0.15) is 15.8 Å². The van der Waals surface area contributed by atoms with Crippen LogP contribution in [0.2, 0.25) is 0 Å². The van der Waals surface area contributed by atoms with Crippen molar-refractivity contribution in [3.05, 3.63) is 11.4 Å². The number of hydrogen-bond donors (Lipinski definition) is 0. The Bertz CT molecular complexity index is 448. The first-order valence-electron chi connectivity index (χ1n) is 5.44. The van der Waals surface area contributed by atoms with E-state index in [1.807, 2.05) is 50.9 Å². The normalized spacial score (nSPS) is 24.2. The zero-order valence-corrected chi connectivity index (χ0v) is 10.7. The average Bonchev–Trinajstić information content (AvgIpc) is 2.58. The van der Waals surface area contributed by atoms with E-state index in [2.05, 4.69) is 0 Å². The molecule has 5 heteroatoms. The Hall–Kier alpha value is -2.03. The second-order valence-electron chi connectivity index (χ2n) is 4.34. The van der Waals surface area contributed by atoms with Crippen LogP contribution in [-0.4, -0.2) is 35.2 Å². The summed E-state index contributed by atoms with van der Waals surface area (Å²) in [5.41, 5.74) is 0.279. The number of nitrogens with zero attached hydrogens (tertiary/aromatic N) is 5. The molecule has 0 saturated heterocycles. The monoisotopic (exact) mass is 230 g/mol. The van der Waals surface area contributed by atoms with Crippen molar-refractivity contribution in [3.63, 3.8) is 0 Å². The molecule has 0 aromatic carbocycles.